The highest BCUT2D eigenvalue weighted by atomic mass is 127. The lowest BCUT2D eigenvalue weighted by Crippen LogP contribution is -2.20. The zero-order valence-corrected chi connectivity index (χ0v) is 12.5. The number of aromatic nitrogens is 1. The van der Waals surface area contributed by atoms with Crippen LogP contribution < -0.4 is 4.74 Å². The molecule has 0 spiro atoms. The van der Waals surface area contributed by atoms with Gasteiger partial charge in [-0.2, -0.15) is 0 Å². The molecule has 1 rings (SSSR count). The molecule has 0 saturated heterocycles. The molecule has 9 heteroatoms. The van der Waals surface area contributed by atoms with Gasteiger partial charge in [0.25, 0.3) is 0 Å². The van der Waals surface area contributed by atoms with Gasteiger partial charge < -0.3 is 9.47 Å². The van der Waals surface area contributed by atoms with E-state index in [4.69, 9.17) is 11.6 Å². The average Bonchev–Trinajstić information content (AvgIpc) is 2.26. The molecule has 0 N–H and O–H groups in total. The lowest BCUT2D eigenvalue weighted by atomic mass is 10.1. The third-order valence-electron chi connectivity index (χ3n) is 2.06. The van der Waals surface area contributed by atoms with Gasteiger partial charge in [0, 0.05) is 5.56 Å². The first kappa shape index (κ1) is 16.3. The molecule has 1 aromatic heterocycles. The van der Waals surface area contributed by atoms with Crippen molar-refractivity contribution in [1.82, 2.24) is 4.98 Å². The van der Waals surface area contributed by atoms with Crippen LogP contribution in [0.1, 0.15) is 11.1 Å². The molecule has 0 bridgehead atoms. The van der Waals surface area contributed by atoms with Crippen molar-refractivity contribution in [3.05, 3.63) is 20.9 Å². The van der Waals surface area contributed by atoms with Crippen molar-refractivity contribution in [3.63, 3.8) is 0 Å². The van der Waals surface area contributed by atoms with Crippen molar-refractivity contribution in [3.8, 4) is 5.88 Å². The van der Waals surface area contributed by atoms with Crippen molar-refractivity contribution in [2.45, 2.75) is 18.7 Å². The number of esters is 1. The van der Waals surface area contributed by atoms with Gasteiger partial charge in [-0.1, -0.05) is 0 Å². The molecule has 1 aromatic rings. The topological polar surface area (TPSA) is 48.4 Å². The second-order valence-corrected chi connectivity index (χ2v) is 4.69. The number of carbonyl (C=O) groups excluding carboxylic acids is 1. The summed E-state index contributed by atoms with van der Waals surface area (Å²) in [6.45, 7) is 0. The van der Waals surface area contributed by atoms with E-state index in [2.05, 4.69) is 14.5 Å². The molecule has 0 atom stereocenters. The predicted octanol–water partition coefficient (Wildman–Crippen LogP) is 3.04. The second-order valence-electron chi connectivity index (χ2n) is 3.32. The number of rotatable bonds is 4. The first-order valence-electron chi connectivity index (χ1n) is 4.83. The van der Waals surface area contributed by atoms with E-state index in [1.807, 2.05) is 0 Å². The van der Waals surface area contributed by atoms with E-state index in [9.17, 15) is 18.0 Å². The molecule has 0 radical (unpaired) electrons. The number of methoxy groups -OCH3 is 1. The van der Waals surface area contributed by atoms with E-state index in [0.29, 0.717) is 5.56 Å². The summed E-state index contributed by atoms with van der Waals surface area (Å²) in [5.74, 6) is -1.50. The number of hydrogen-bond acceptors (Lipinski definition) is 4. The van der Waals surface area contributed by atoms with Crippen molar-refractivity contribution in [1.29, 1.82) is 0 Å². The molecule has 0 fully saturated rings. The van der Waals surface area contributed by atoms with Crippen LogP contribution in [0.25, 0.3) is 0 Å². The third-order valence-corrected chi connectivity index (χ3v) is 2.88. The van der Waals surface area contributed by atoms with Crippen LogP contribution in [0.5, 0.6) is 5.88 Å². The van der Waals surface area contributed by atoms with E-state index in [1.54, 1.807) is 22.6 Å². The molecule has 0 aliphatic heterocycles. The number of pyridine rings is 1. The molecule has 19 heavy (non-hydrogen) atoms. The fourth-order valence-electron chi connectivity index (χ4n) is 1.29. The van der Waals surface area contributed by atoms with Crippen LogP contribution in [0.2, 0.25) is 0 Å². The van der Waals surface area contributed by atoms with Gasteiger partial charge in [0.2, 0.25) is 5.88 Å². The number of hydrogen-bond donors (Lipinski definition) is 0. The Bertz CT molecular complexity index is 482. The van der Waals surface area contributed by atoms with Crippen molar-refractivity contribution < 1.29 is 27.4 Å². The van der Waals surface area contributed by atoms with Gasteiger partial charge in [0.1, 0.15) is 3.70 Å². The second kappa shape index (κ2) is 6.60. The van der Waals surface area contributed by atoms with Crippen LogP contribution >= 0.6 is 34.2 Å². The standard InChI is InChI=1S/C10H8ClF3INO3/c1-18-8(17)3-5-2-7(15)16-9(6(5)4-11)19-10(12,13)14/h2H,3-4H2,1H3. The van der Waals surface area contributed by atoms with Crippen LogP contribution in [-0.4, -0.2) is 24.4 Å². The summed E-state index contributed by atoms with van der Waals surface area (Å²) < 4.78 is 45.3. The Balaban J connectivity index is 3.20. The van der Waals surface area contributed by atoms with Crippen LogP contribution in [0.4, 0.5) is 13.2 Å². The lowest BCUT2D eigenvalue weighted by molar-refractivity contribution is -0.276. The Morgan fingerprint density at radius 3 is 2.63 bits per heavy atom. The summed E-state index contributed by atoms with van der Waals surface area (Å²) in [7, 11) is 1.18. The third kappa shape index (κ3) is 5.01. The average molecular weight is 410 g/mol. The van der Waals surface area contributed by atoms with Crippen LogP contribution in [0.15, 0.2) is 6.07 Å². The molecule has 0 unspecified atom stereocenters. The molecule has 0 aliphatic carbocycles. The van der Waals surface area contributed by atoms with Gasteiger partial charge in [0.05, 0.1) is 19.4 Å². The van der Waals surface area contributed by atoms with E-state index >= 15 is 0 Å². The molecule has 0 aliphatic rings. The Labute approximate surface area is 125 Å². The fraction of sp³-hybridized carbons (Fsp3) is 0.400. The molecule has 0 saturated carbocycles. The normalized spacial score (nSPS) is 11.3. The quantitative estimate of drug-likeness (QED) is 0.332. The maximum Gasteiger partial charge on any atom is 0.574 e. The first-order valence-corrected chi connectivity index (χ1v) is 6.45. The summed E-state index contributed by atoms with van der Waals surface area (Å²) in [5.41, 5.74) is 0.310. The Morgan fingerprint density at radius 2 is 2.16 bits per heavy atom. The van der Waals surface area contributed by atoms with Crippen molar-refractivity contribution in [2.24, 2.45) is 0 Å². The minimum atomic E-state index is -4.87. The Hall–Kier alpha value is -0.770. The number of alkyl halides is 4. The Kier molecular flexibility index (Phi) is 5.65. The van der Waals surface area contributed by atoms with Crippen molar-refractivity contribution >= 4 is 40.2 Å². The summed E-state index contributed by atoms with van der Waals surface area (Å²) in [5, 5.41) is 0. The number of halogens is 5. The van der Waals surface area contributed by atoms with E-state index < -0.39 is 18.2 Å². The summed E-state index contributed by atoms with van der Waals surface area (Å²) >= 11 is 7.32. The fourth-order valence-corrected chi connectivity index (χ4v) is 2.17. The highest BCUT2D eigenvalue weighted by Crippen LogP contribution is 2.29. The van der Waals surface area contributed by atoms with E-state index in [1.165, 1.54) is 13.2 Å². The van der Waals surface area contributed by atoms with Gasteiger partial charge in [-0.15, -0.1) is 24.8 Å². The molecular formula is C10H8ClF3INO3. The maximum atomic E-state index is 12.3. The monoisotopic (exact) mass is 409 g/mol. The molecular weight excluding hydrogens is 401 g/mol. The molecule has 106 valence electrons. The zero-order valence-electron chi connectivity index (χ0n) is 9.55. The van der Waals surface area contributed by atoms with Crippen LogP contribution in [0.3, 0.4) is 0 Å². The van der Waals surface area contributed by atoms with Gasteiger partial charge >= 0.3 is 12.3 Å². The minimum Gasteiger partial charge on any atom is -0.469 e. The largest absolute Gasteiger partial charge is 0.574 e. The number of nitrogens with zero attached hydrogens (tertiary/aromatic N) is 1. The number of carbonyl (C=O) groups is 1. The van der Waals surface area contributed by atoms with Crippen LogP contribution in [-0.2, 0) is 21.8 Å². The zero-order chi connectivity index (χ0) is 14.6. The number of ether oxygens (including phenoxy) is 2. The summed E-state index contributed by atoms with van der Waals surface area (Å²) in [6, 6.07) is 1.46. The molecule has 0 amide bonds. The lowest BCUT2D eigenvalue weighted by Gasteiger charge is -2.14. The minimum absolute atomic E-state index is 0.0183. The van der Waals surface area contributed by atoms with Gasteiger partial charge in [-0.25, -0.2) is 4.98 Å². The maximum absolute atomic E-state index is 12.3. The van der Waals surface area contributed by atoms with Gasteiger partial charge in [-0.3, -0.25) is 4.79 Å². The summed E-state index contributed by atoms with van der Waals surface area (Å²) in [6.07, 6.45) is -5.08. The van der Waals surface area contributed by atoms with Gasteiger partial charge in [-0.05, 0) is 34.2 Å². The van der Waals surface area contributed by atoms with Crippen LogP contribution in [0, 0.1) is 3.70 Å². The van der Waals surface area contributed by atoms with Gasteiger partial charge in [0.15, 0.2) is 0 Å². The molecule has 4 nitrogen and oxygen atoms in total. The molecule has 1 heterocycles. The van der Waals surface area contributed by atoms with E-state index in [-0.39, 0.29) is 21.6 Å². The highest BCUT2D eigenvalue weighted by Gasteiger charge is 2.33. The SMILES string of the molecule is COC(=O)Cc1cc(I)nc(OC(F)(F)F)c1CCl. The highest BCUT2D eigenvalue weighted by molar-refractivity contribution is 14.1. The van der Waals surface area contributed by atoms with E-state index in [0.717, 1.165) is 0 Å². The smallest absolute Gasteiger partial charge is 0.469 e. The summed E-state index contributed by atoms with van der Waals surface area (Å²) in [4.78, 5) is 14.8. The predicted molar refractivity (Wildman–Crippen MR) is 68.9 cm³/mol. The van der Waals surface area contributed by atoms with Crippen molar-refractivity contribution in [2.75, 3.05) is 7.11 Å². The first-order chi connectivity index (χ1) is 8.76. The Morgan fingerprint density at radius 1 is 1.53 bits per heavy atom. The molecule has 0 aromatic carbocycles.